The predicted octanol–water partition coefficient (Wildman–Crippen LogP) is 7.30. The lowest BCUT2D eigenvalue weighted by Gasteiger charge is -2.51. The van der Waals surface area contributed by atoms with E-state index in [0.717, 1.165) is 51.6 Å². The van der Waals surface area contributed by atoms with E-state index in [1.54, 1.807) is 18.2 Å². The Morgan fingerprint density at radius 3 is 2.76 bits per heavy atom. The van der Waals surface area contributed by atoms with Crippen molar-refractivity contribution >= 4 is 51.5 Å². The maximum atomic E-state index is 13.8. The maximum Gasteiger partial charge on any atom is 0.248 e. The van der Waals surface area contributed by atoms with Gasteiger partial charge in [-0.3, -0.25) is 9.59 Å². The molecule has 268 valence electrons. The van der Waals surface area contributed by atoms with Gasteiger partial charge in [0.2, 0.25) is 11.8 Å². The number of carbonyl (C=O) groups excluding carboxylic acids is 2. The molecule has 11 nitrogen and oxygen atoms in total. The quantitative estimate of drug-likeness (QED) is 0.0899. The summed E-state index contributed by atoms with van der Waals surface area (Å²) < 4.78 is 25.6. The number of hydrogen-bond donors (Lipinski definition) is 3. The van der Waals surface area contributed by atoms with E-state index in [1.807, 2.05) is 6.07 Å². The summed E-state index contributed by atoms with van der Waals surface area (Å²) in [7, 11) is 2.18. The van der Waals surface area contributed by atoms with E-state index in [-0.39, 0.29) is 23.1 Å². The minimum absolute atomic E-state index is 0.0103. The summed E-state index contributed by atoms with van der Waals surface area (Å²) in [6.07, 6.45) is 14.3. The van der Waals surface area contributed by atoms with Crippen LogP contribution in [0.25, 0.3) is 10.9 Å². The van der Waals surface area contributed by atoms with Gasteiger partial charge in [-0.2, -0.15) is 0 Å². The molecule has 3 fully saturated rings. The van der Waals surface area contributed by atoms with Crippen LogP contribution >= 0.6 is 11.6 Å². The largest absolute Gasteiger partial charge is 0.491 e. The Morgan fingerprint density at radius 1 is 1.14 bits per heavy atom. The maximum absolute atomic E-state index is 13.8. The van der Waals surface area contributed by atoms with Crippen molar-refractivity contribution in [3.05, 3.63) is 59.7 Å². The summed E-state index contributed by atoms with van der Waals surface area (Å²) in [5.74, 6) is 0.451. The molecule has 2 aromatic carbocycles. The van der Waals surface area contributed by atoms with E-state index in [9.17, 15) is 14.0 Å². The summed E-state index contributed by atoms with van der Waals surface area (Å²) in [6, 6.07) is 7.95. The van der Waals surface area contributed by atoms with Gasteiger partial charge in [-0.1, -0.05) is 17.7 Å². The van der Waals surface area contributed by atoms with Gasteiger partial charge in [0.15, 0.2) is 6.29 Å². The van der Waals surface area contributed by atoms with Crippen LogP contribution in [0, 0.1) is 17.2 Å². The molecule has 2 amide bonds. The van der Waals surface area contributed by atoms with Crippen LogP contribution in [-0.2, 0) is 19.2 Å². The average molecular weight is 709 g/mol. The molecule has 1 aromatic heterocycles. The number of fused-ring (bicyclic) bond motifs is 1. The number of hydroxylamine groups is 1. The van der Waals surface area contributed by atoms with Crippen LogP contribution in [0.4, 0.5) is 21.6 Å². The second kappa shape index (κ2) is 16.9. The Labute approximate surface area is 297 Å². The van der Waals surface area contributed by atoms with Crippen molar-refractivity contribution < 1.29 is 28.3 Å². The standard InChI is InChI=1S/C37H46ClFN6O5/c1-45-15-13-37(14-16-45)21-25(22-37)23-49-32-20-30-27(36(41-24-40-30)42-26-11-12-29(39)28(38)18-26)19-31(32)43-33(46)8-4-2-3-5-9-34(47)44-50-35-10-6-7-17-48-35/h4,8,11-12,18-20,24-25,35H,2-3,5-7,9-10,13-17,21-23H2,1H3,(H,43,46)(H,44,47)(H,40,41,42)/b8-4+. The van der Waals surface area contributed by atoms with Crippen molar-refractivity contribution in [2.75, 3.05) is 44.0 Å². The summed E-state index contributed by atoms with van der Waals surface area (Å²) in [4.78, 5) is 41.8. The van der Waals surface area contributed by atoms with Crippen LogP contribution in [0.2, 0.25) is 5.02 Å². The fourth-order valence-corrected chi connectivity index (χ4v) is 7.18. The Balaban J connectivity index is 1.07. The fourth-order valence-electron chi connectivity index (χ4n) is 7.00. The zero-order valence-electron chi connectivity index (χ0n) is 28.5. The number of rotatable bonds is 14. The van der Waals surface area contributed by atoms with Gasteiger partial charge in [0.1, 0.15) is 23.7 Å². The number of amides is 2. The Hall–Kier alpha value is -3.84. The van der Waals surface area contributed by atoms with E-state index in [4.69, 9.17) is 25.9 Å². The Kier molecular flexibility index (Phi) is 12.2. The molecule has 50 heavy (non-hydrogen) atoms. The summed E-state index contributed by atoms with van der Waals surface area (Å²) in [5.41, 5.74) is 4.59. The third-order valence-electron chi connectivity index (χ3n) is 9.88. The van der Waals surface area contributed by atoms with Crippen molar-refractivity contribution in [2.24, 2.45) is 11.3 Å². The first-order chi connectivity index (χ1) is 24.2. The second-order valence-electron chi connectivity index (χ2n) is 13.8. The first kappa shape index (κ1) is 36.0. The van der Waals surface area contributed by atoms with Crippen molar-refractivity contribution in [2.45, 2.75) is 76.9 Å². The van der Waals surface area contributed by atoms with Crippen molar-refractivity contribution in [1.82, 2.24) is 20.3 Å². The summed E-state index contributed by atoms with van der Waals surface area (Å²) in [6.45, 7) is 3.48. The number of benzene rings is 2. The van der Waals surface area contributed by atoms with Crippen LogP contribution in [0.3, 0.4) is 0 Å². The molecule has 1 unspecified atom stereocenters. The highest BCUT2D eigenvalue weighted by atomic mass is 35.5. The average Bonchev–Trinajstić information content (AvgIpc) is 3.10. The molecule has 3 aromatic rings. The number of piperidine rings is 1. The number of carbonyl (C=O) groups is 2. The molecule has 2 aliphatic heterocycles. The monoisotopic (exact) mass is 708 g/mol. The van der Waals surface area contributed by atoms with Gasteiger partial charge < -0.3 is 25.0 Å². The molecule has 0 radical (unpaired) electrons. The minimum atomic E-state index is -0.515. The predicted molar refractivity (Wildman–Crippen MR) is 191 cm³/mol. The van der Waals surface area contributed by atoms with Crippen LogP contribution in [-0.4, -0.2) is 66.3 Å². The number of anilines is 3. The number of nitrogens with one attached hydrogen (secondary N) is 3. The Bertz CT molecular complexity index is 1670. The van der Waals surface area contributed by atoms with Crippen molar-refractivity contribution in [3.8, 4) is 5.75 Å². The number of unbranched alkanes of at least 4 members (excludes halogenated alkanes) is 2. The molecule has 6 rings (SSSR count). The topological polar surface area (TPSA) is 127 Å². The summed E-state index contributed by atoms with van der Waals surface area (Å²) in [5, 5.41) is 6.81. The molecule has 2 saturated heterocycles. The van der Waals surface area contributed by atoms with E-state index in [1.165, 1.54) is 37.4 Å². The van der Waals surface area contributed by atoms with E-state index in [2.05, 4.69) is 38.0 Å². The number of likely N-dealkylation sites (tertiary alicyclic amines) is 1. The smallest absolute Gasteiger partial charge is 0.248 e. The SMILES string of the molecule is CN1CCC2(CC1)CC(COc1cc3ncnc(Nc4ccc(F)c(Cl)c4)c3cc1NC(=O)/C=C/CCCCC(=O)NOC1CCCCO1)C2. The van der Waals surface area contributed by atoms with Crippen molar-refractivity contribution in [1.29, 1.82) is 0 Å². The highest BCUT2D eigenvalue weighted by molar-refractivity contribution is 6.31. The van der Waals surface area contributed by atoms with Crippen LogP contribution < -0.4 is 20.9 Å². The molecule has 3 N–H and O–H groups in total. The normalized spacial score (nSPS) is 19.4. The lowest BCUT2D eigenvalue weighted by Crippen LogP contribution is -2.47. The molecule has 1 atom stereocenters. The third kappa shape index (κ3) is 9.69. The molecule has 1 spiro atoms. The molecule has 3 heterocycles. The molecule has 1 saturated carbocycles. The van der Waals surface area contributed by atoms with E-state index < -0.39 is 5.82 Å². The minimum Gasteiger partial charge on any atom is -0.491 e. The molecule has 3 aliphatic rings. The van der Waals surface area contributed by atoms with Crippen LogP contribution in [0.1, 0.15) is 70.6 Å². The lowest BCUT2D eigenvalue weighted by molar-refractivity contribution is -0.200. The van der Waals surface area contributed by atoms with Gasteiger partial charge in [-0.25, -0.2) is 24.7 Å². The molecule has 1 aliphatic carbocycles. The first-order valence-corrected chi connectivity index (χ1v) is 18.0. The summed E-state index contributed by atoms with van der Waals surface area (Å²) >= 11 is 6.01. The fraction of sp³-hybridized carbons (Fsp3) is 0.514. The van der Waals surface area contributed by atoms with Gasteiger partial charge >= 0.3 is 0 Å². The molecule has 13 heteroatoms. The second-order valence-corrected chi connectivity index (χ2v) is 14.2. The third-order valence-corrected chi connectivity index (χ3v) is 10.2. The number of aromatic nitrogens is 2. The lowest BCUT2D eigenvalue weighted by atomic mass is 9.58. The number of halogens is 2. The number of hydrogen-bond acceptors (Lipinski definition) is 9. The zero-order valence-corrected chi connectivity index (χ0v) is 29.3. The highest BCUT2D eigenvalue weighted by Gasteiger charge is 2.45. The number of allylic oxidation sites excluding steroid dienone is 1. The van der Waals surface area contributed by atoms with Crippen LogP contribution in [0.15, 0.2) is 48.8 Å². The number of nitrogens with zero attached hydrogens (tertiary/aromatic N) is 3. The van der Waals surface area contributed by atoms with Crippen molar-refractivity contribution in [3.63, 3.8) is 0 Å². The van der Waals surface area contributed by atoms with E-state index in [0.29, 0.717) is 77.7 Å². The molecule has 0 bridgehead atoms. The highest BCUT2D eigenvalue weighted by Crippen LogP contribution is 2.52. The Morgan fingerprint density at radius 2 is 1.98 bits per heavy atom. The number of ether oxygens (including phenoxy) is 2. The van der Waals surface area contributed by atoms with Gasteiger partial charge in [-0.05, 0) is 120 Å². The van der Waals surface area contributed by atoms with Gasteiger partial charge in [0, 0.05) is 36.6 Å². The molecular weight excluding hydrogens is 663 g/mol. The zero-order chi connectivity index (χ0) is 34.9. The van der Waals surface area contributed by atoms with Gasteiger partial charge in [0.25, 0.3) is 0 Å². The van der Waals surface area contributed by atoms with Gasteiger partial charge in [-0.15, -0.1) is 0 Å². The van der Waals surface area contributed by atoms with E-state index >= 15 is 0 Å². The molecular formula is C37H46ClFN6O5. The van der Waals surface area contributed by atoms with Gasteiger partial charge in [0.05, 0.1) is 22.8 Å². The van der Waals surface area contributed by atoms with Crippen LogP contribution in [0.5, 0.6) is 5.75 Å². The first-order valence-electron chi connectivity index (χ1n) is 17.6.